The van der Waals surface area contributed by atoms with Crippen LogP contribution < -0.4 is 0 Å². The van der Waals surface area contributed by atoms with Gasteiger partial charge in [-0.3, -0.25) is 0 Å². The van der Waals surface area contributed by atoms with E-state index in [1.807, 2.05) is 0 Å². The molecule has 1 heterocycles. The highest BCUT2D eigenvalue weighted by Gasteiger charge is 2.15. The van der Waals surface area contributed by atoms with Crippen molar-refractivity contribution in [3.05, 3.63) is 23.0 Å². The standard InChI is InChI=1S/C20H35N/c1-3-4-5-6-7-8-9-10-13-17(2)20-16-18-14-11-12-15-19(18)21-20/h16-17,21H,3-15H2,1-2H3. The van der Waals surface area contributed by atoms with E-state index >= 15 is 0 Å². The Hall–Kier alpha value is -0.720. The molecule has 1 N–H and O–H groups in total. The predicted molar refractivity (Wildman–Crippen MR) is 93.1 cm³/mol. The van der Waals surface area contributed by atoms with Crippen molar-refractivity contribution in [3.63, 3.8) is 0 Å². The molecule has 0 bridgehead atoms. The summed E-state index contributed by atoms with van der Waals surface area (Å²) >= 11 is 0. The minimum Gasteiger partial charge on any atom is -0.362 e. The van der Waals surface area contributed by atoms with E-state index in [2.05, 4.69) is 24.9 Å². The highest BCUT2D eigenvalue weighted by Crippen LogP contribution is 2.28. The quantitative estimate of drug-likeness (QED) is 0.471. The van der Waals surface area contributed by atoms with Gasteiger partial charge in [-0.15, -0.1) is 0 Å². The Labute approximate surface area is 131 Å². The Bertz CT molecular complexity index is 367. The van der Waals surface area contributed by atoms with E-state index in [1.165, 1.54) is 89.2 Å². The summed E-state index contributed by atoms with van der Waals surface area (Å²) < 4.78 is 0. The normalized spacial score (nSPS) is 15.9. The maximum atomic E-state index is 3.71. The molecule has 1 aliphatic carbocycles. The molecule has 1 aliphatic rings. The molecular weight excluding hydrogens is 254 g/mol. The largest absolute Gasteiger partial charge is 0.362 e. The number of fused-ring (bicyclic) bond motifs is 1. The number of unbranched alkanes of at least 4 members (excludes halogenated alkanes) is 7. The van der Waals surface area contributed by atoms with Crippen molar-refractivity contribution in [1.29, 1.82) is 0 Å². The van der Waals surface area contributed by atoms with Crippen LogP contribution in [0.25, 0.3) is 0 Å². The topological polar surface area (TPSA) is 15.8 Å². The van der Waals surface area contributed by atoms with Crippen LogP contribution in [0.3, 0.4) is 0 Å². The molecule has 0 aromatic carbocycles. The first kappa shape index (κ1) is 16.6. The third kappa shape index (κ3) is 5.52. The zero-order valence-electron chi connectivity index (χ0n) is 14.3. The third-order valence-corrected chi connectivity index (χ3v) is 5.16. The maximum absolute atomic E-state index is 3.71. The van der Waals surface area contributed by atoms with E-state index in [0.29, 0.717) is 0 Å². The average Bonchev–Trinajstić information content (AvgIpc) is 2.94. The number of aromatic nitrogens is 1. The molecule has 0 saturated carbocycles. The SMILES string of the molecule is CCCCCCCCCCC(C)c1cc2c([nH]1)CCCC2. The highest BCUT2D eigenvalue weighted by atomic mass is 14.7. The van der Waals surface area contributed by atoms with Crippen LogP contribution in [0, 0.1) is 0 Å². The zero-order valence-corrected chi connectivity index (χ0v) is 14.3. The minimum atomic E-state index is 0.718. The summed E-state index contributed by atoms with van der Waals surface area (Å²) in [6.07, 6.45) is 18.1. The Balaban J connectivity index is 1.59. The van der Waals surface area contributed by atoms with Crippen LogP contribution in [0.4, 0.5) is 0 Å². The first-order valence-electron chi connectivity index (χ1n) is 9.52. The van der Waals surface area contributed by atoms with Gasteiger partial charge in [-0.25, -0.2) is 0 Å². The lowest BCUT2D eigenvalue weighted by Gasteiger charge is -2.10. The number of hydrogen-bond donors (Lipinski definition) is 1. The molecule has 1 unspecified atom stereocenters. The van der Waals surface area contributed by atoms with E-state index in [0.717, 1.165) is 5.92 Å². The summed E-state index contributed by atoms with van der Waals surface area (Å²) in [5.41, 5.74) is 4.66. The van der Waals surface area contributed by atoms with Gasteiger partial charge < -0.3 is 4.98 Å². The van der Waals surface area contributed by atoms with E-state index < -0.39 is 0 Å². The second-order valence-corrected chi connectivity index (χ2v) is 7.10. The molecular formula is C20H35N. The molecule has 1 heteroatoms. The number of nitrogens with one attached hydrogen (secondary N) is 1. The van der Waals surface area contributed by atoms with Crippen LogP contribution in [0.15, 0.2) is 6.07 Å². The third-order valence-electron chi connectivity index (χ3n) is 5.16. The van der Waals surface area contributed by atoms with Crippen LogP contribution in [-0.2, 0) is 12.8 Å². The fourth-order valence-electron chi connectivity index (χ4n) is 3.63. The lowest BCUT2D eigenvalue weighted by atomic mass is 9.96. The Morgan fingerprint density at radius 1 is 0.952 bits per heavy atom. The van der Waals surface area contributed by atoms with Gasteiger partial charge in [0, 0.05) is 11.4 Å². The Morgan fingerprint density at radius 2 is 1.62 bits per heavy atom. The lowest BCUT2D eigenvalue weighted by Crippen LogP contribution is -1.99. The van der Waals surface area contributed by atoms with E-state index in [4.69, 9.17) is 0 Å². The summed E-state index contributed by atoms with van der Waals surface area (Å²) in [6.45, 7) is 4.69. The van der Waals surface area contributed by atoms with Gasteiger partial charge in [-0.1, -0.05) is 65.2 Å². The monoisotopic (exact) mass is 289 g/mol. The van der Waals surface area contributed by atoms with Gasteiger partial charge in [0.25, 0.3) is 0 Å². The summed E-state index contributed by atoms with van der Waals surface area (Å²) in [5.74, 6) is 0.718. The maximum Gasteiger partial charge on any atom is 0.0181 e. The molecule has 1 nitrogen and oxygen atoms in total. The molecule has 2 rings (SSSR count). The summed E-state index contributed by atoms with van der Waals surface area (Å²) in [4.78, 5) is 3.71. The molecule has 0 spiro atoms. The van der Waals surface area contributed by atoms with E-state index in [9.17, 15) is 0 Å². The summed E-state index contributed by atoms with van der Waals surface area (Å²) in [6, 6.07) is 2.46. The van der Waals surface area contributed by atoms with Crippen LogP contribution in [0.5, 0.6) is 0 Å². The molecule has 0 saturated heterocycles. The van der Waals surface area contributed by atoms with Crippen LogP contribution in [0.1, 0.15) is 107 Å². The molecule has 0 fully saturated rings. The Morgan fingerprint density at radius 3 is 2.33 bits per heavy atom. The van der Waals surface area contributed by atoms with Crippen molar-refractivity contribution >= 4 is 0 Å². The summed E-state index contributed by atoms with van der Waals surface area (Å²) in [7, 11) is 0. The molecule has 1 aromatic rings. The molecule has 120 valence electrons. The van der Waals surface area contributed by atoms with Crippen molar-refractivity contribution in [1.82, 2.24) is 4.98 Å². The number of aromatic amines is 1. The lowest BCUT2D eigenvalue weighted by molar-refractivity contribution is 0.540. The van der Waals surface area contributed by atoms with Crippen molar-refractivity contribution in [3.8, 4) is 0 Å². The Kier molecular flexibility index (Phi) is 7.39. The number of hydrogen-bond acceptors (Lipinski definition) is 0. The molecule has 0 radical (unpaired) electrons. The summed E-state index contributed by atoms with van der Waals surface area (Å²) in [5, 5.41) is 0. The van der Waals surface area contributed by atoms with Crippen LogP contribution in [-0.4, -0.2) is 4.98 Å². The first-order chi connectivity index (χ1) is 10.3. The molecule has 1 atom stereocenters. The van der Waals surface area contributed by atoms with Crippen molar-refractivity contribution in [2.24, 2.45) is 0 Å². The van der Waals surface area contributed by atoms with Gasteiger partial charge in [-0.2, -0.15) is 0 Å². The van der Waals surface area contributed by atoms with Crippen molar-refractivity contribution < 1.29 is 0 Å². The van der Waals surface area contributed by atoms with Crippen LogP contribution >= 0.6 is 0 Å². The van der Waals surface area contributed by atoms with Gasteiger partial charge in [0.15, 0.2) is 0 Å². The van der Waals surface area contributed by atoms with Gasteiger partial charge in [0.2, 0.25) is 0 Å². The second kappa shape index (κ2) is 9.33. The van der Waals surface area contributed by atoms with Gasteiger partial charge >= 0.3 is 0 Å². The molecule has 0 amide bonds. The number of rotatable bonds is 10. The van der Waals surface area contributed by atoms with Gasteiger partial charge in [-0.05, 0) is 49.7 Å². The van der Waals surface area contributed by atoms with Gasteiger partial charge in [0.1, 0.15) is 0 Å². The fraction of sp³-hybridized carbons (Fsp3) is 0.800. The average molecular weight is 290 g/mol. The predicted octanol–water partition coefficient (Wildman–Crippen LogP) is 6.53. The molecule has 0 aliphatic heterocycles. The van der Waals surface area contributed by atoms with E-state index in [-0.39, 0.29) is 0 Å². The molecule has 1 aromatic heterocycles. The molecule has 21 heavy (non-hydrogen) atoms. The number of aryl methyl sites for hydroxylation is 2. The van der Waals surface area contributed by atoms with Crippen molar-refractivity contribution in [2.45, 2.75) is 103 Å². The van der Waals surface area contributed by atoms with Crippen molar-refractivity contribution in [2.75, 3.05) is 0 Å². The minimum absolute atomic E-state index is 0.718. The van der Waals surface area contributed by atoms with Gasteiger partial charge in [0.05, 0.1) is 0 Å². The second-order valence-electron chi connectivity index (χ2n) is 7.10. The number of H-pyrrole nitrogens is 1. The fourth-order valence-corrected chi connectivity index (χ4v) is 3.63. The zero-order chi connectivity index (χ0) is 14.9. The van der Waals surface area contributed by atoms with Crippen LogP contribution in [0.2, 0.25) is 0 Å². The van der Waals surface area contributed by atoms with E-state index in [1.54, 1.807) is 11.3 Å². The first-order valence-corrected chi connectivity index (χ1v) is 9.52. The smallest absolute Gasteiger partial charge is 0.0181 e. The highest BCUT2D eigenvalue weighted by molar-refractivity contribution is 5.29.